The summed E-state index contributed by atoms with van der Waals surface area (Å²) in [6.07, 6.45) is 0. The molecule has 0 heterocycles. The number of hydrogen-bond acceptors (Lipinski definition) is 0. The van der Waals surface area contributed by atoms with Gasteiger partial charge in [-0.25, -0.2) is 4.39 Å². The van der Waals surface area contributed by atoms with Gasteiger partial charge in [-0.3, -0.25) is 4.39 Å². The number of halogens is 2. The van der Waals surface area contributed by atoms with Crippen LogP contribution < -0.4 is 18.9 Å². The van der Waals surface area contributed by atoms with Crippen molar-refractivity contribution in [3.8, 4) is 0 Å². The largest absolute Gasteiger partial charge is 1.00 e. The van der Waals surface area contributed by atoms with E-state index in [4.69, 9.17) is 0 Å². The van der Waals surface area contributed by atoms with E-state index in [1.54, 1.807) is 0 Å². The number of rotatable bonds is 0. The molecule has 1 rings (SSSR count). The first-order valence-corrected chi connectivity index (χ1v) is 2.12. The van der Waals surface area contributed by atoms with Crippen LogP contribution in [0.2, 0.25) is 0 Å². The third-order valence-corrected chi connectivity index (χ3v) is 0.759. The molecule has 0 bridgehead atoms. The summed E-state index contributed by atoms with van der Waals surface area (Å²) < 4.78 is 23.8. The topological polar surface area (TPSA) is 0 Å². The maximum Gasteiger partial charge on any atom is 1.00 e. The van der Waals surface area contributed by atoms with Crippen LogP contribution in [-0.4, -0.2) is 0 Å². The van der Waals surface area contributed by atoms with Gasteiger partial charge in [0.25, 0.3) is 0 Å². The fourth-order valence-corrected chi connectivity index (χ4v) is 0.396. The first-order valence-electron chi connectivity index (χ1n) is 2.12. The van der Waals surface area contributed by atoms with E-state index >= 15 is 0 Å². The van der Waals surface area contributed by atoms with Gasteiger partial charge in [-0.1, -0.05) is 0 Å². The van der Waals surface area contributed by atoms with Crippen LogP contribution in [0.5, 0.6) is 0 Å². The van der Waals surface area contributed by atoms with Crippen molar-refractivity contribution in [1.82, 2.24) is 0 Å². The van der Waals surface area contributed by atoms with E-state index in [0.29, 0.717) is 0 Å². The molecule has 3 heteroatoms. The minimum Gasteiger partial charge on any atom is -0.281 e. The minimum atomic E-state index is -0.924. The van der Waals surface area contributed by atoms with Gasteiger partial charge in [-0.2, -0.15) is 12.1 Å². The molecule has 0 amide bonds. The van der Waals surface area contributed by atoms with Crippen LogP contribution in [0, 0.1) is 17.7 Å². The Morgan fingerprint density at radius 3 is 2.33 bits per heavy atom. The van der Waals surface area contributed by atoms with Gasteiger partial charge >= 0.3 is 18.9 Å². The Morgan fingerprint density at radius 1 is 1.33 bits per heavy atom. The maximum absolute atomic E-state index is 11.9. The molecular weight excluding hydrogens is 117 g/mol. The maximum atomic E-state index is 11.9. The Bertz CT molecular complexity index is 167. The summed E-state index contributed by atoms with van der Waals surface area (Å²) >= 11 is 0. The SMILES string of the molecule is Fc1[c-]cccc1F.[Li+]. The molecule has 0 fully saturated rings. The standard InChI is InChI=1S/C6H3F2.Li/c7-5-3-1-2-4-6(5)8;/h1-3H;/q-1;+1. The van der Waals surface area contributed by atoms with Crippen LogP contribution in [0.4, 0.5) is 8.78 Å². The Labute approximate surface area is 64.1 Å². The van der Waals surface area contributed by atoms with Crippen molar-refractivity contribution in [1.29, 1.82) is 0 Å². The van der Waals surface area contributed by atoms with Crippen molar-refractivity contribution >= 4 is 0 Å². The molecular formula is C6H3F2Li. The zero-order valence-electron chi connectivity index (χ0n) is 4.99. The fraction of sp³-hybridized carbons (Fsp3) is 0. The van der Waals surface area contributed by atoms with Crippen LogP contribution in [0.25, 0.3) is 0 Å². The van der Waals surface area contributed by atoms with Crippen LogP contribution in [0.1, 0.15) is 0 Å². The molecule has 0 nitrogen and oxygen atoms in total. The molecule has 0 saturated heterocycles. The molecule has 1 aromatic carbocycles. The van der Waals surface area contributed by atoms with Crippen LogP contribution in [0.3, 0.4) is 0 Å². The van der Waals surface area contributed by atoms with Gasteiger partial charge in [0.2, 0.25) is 0 Å². The third kappa shape index (κ3) is 2.17. The second-order valence-electron chi connectivity index (χ2n) is 1.33. The van der Waals surface area contributed by atoms with Crippen molar-refractivity contribution < 1.29 is 27.6 Å². The second kappa shape index (κ2) is 3.66. The van der Waals surface area contributed by atoms with E-state index < -0.39 is 11.6 Å². The summed E-state index contributed by atoms with van der Waals surface area (Å²) in [6, 6.07) is 5.81. The zero-order valence-corrected chi connectivity index (χ0v) is 4.99. The average molecular weight is 120 g/mol. The third-order valence-electron chi connectivity index (χ3n) is 0.759. The fourth-order valence-electron chi connectivity index (χ4n) is 0.396. The van der Waals surface area contributed by atoms with Gasteiger partial charge in [0.15, 0.2) is 0 Å². The summed E-state index contributed by atoms with van der Waals surface area (Å²) in [7, 11) is 0. The average Bonchev–Trinajstić information content (AvgIpc) is 1.77. The molecule has 0 aromatic heterocycles. The first-order chi connectivity index (χ1) is 3.80. The second-order valence-corrected chi connectivity index (χ2v) is 1.33. The molecule has 0 aliphatic rings. The Kier molecular flexibility index (Phi) is 3.52. The molecule has 0 unspecified atom stereocenters. The Hall–Kier alpha value is -0.323. The minimum absolute atomic E-state index is 0. The van der Waals surface area contributed by atoms with Crippen molar-refractivity contribution in [3.63, 3.8) is 0 Å². The predicted octanol–water partition coefficient (Wildman–Crippen LogP) is -1.23. The molecule has 0 saturated carbocycles. The van der Waals surface area contributed by atoms with Crippen LogP contribution >= 0.6 is 0 Å². The summed E-state index contributed by atoms with van der Waals surface area (Å²) in [5.41, 5.74) is 0. The van der Waals surface area contributed by atoms with E-state index in [0.717, 1.165) is 6.07 Å². The molecule has 0 atom stereocenters. The molecule has 0 aliphatic heterocycles. The monoisotopic (exact) mass is 120 g/mol. The summed E-state index contributed by atoms with van der Waals surface area (Å²) in [6.45, 7) is 0. The number of benzene rings is 1. The molecule has 1 aromatic rings. The Morgan fingerprint density at radius 2 is 2.00 bits per heavy atom. The van der Waals surface area contributed by atoms with Crippen LogP contribution in [-0.2, 0) is 0 Å². The van der Waals surface area contributed by atoms with Crippen molar-refractivity contribution in [2.75, 3.05) is 0 Å². The molecule has 9 heavy (non-hydrogen) atoms. The number of hydrogen-bond donors (Lipinski definition) is 0. The van der Waals surface area contributed by atoms with E-state index in [9.17, 15) is 8.78 Å². The van der Waals surface area contributed by atoms with Gasteiger partial charge < -0.3 is 0 Å². The summed E-state index contributed by atoms with van der Waals surface area (Å²) in [4.78, 5) is 0. The smallest absolute Gasteiger partial charge is 0.281 e. The normalized spacial score (nSPS) is 8.22. The first kappa shape index (κ1) is 8.68. The molecule has 0 aliphatic carbocycles. The molecule has 0 N–H and O–H groups in total. The molecule has 0 spiro atoms. The van der Waals surface area contributed by atoms with Crippen LogP contribution in [0.15, 0.2) is 18.2 Å². The van der Waals surface area contributed by atoms with E-state index in [1.165, 1.54) is 12.1 Å². The van der Waals surface area contributed by atoms with E-state index in [2.05, 4.69) is 6.07 Å². The summed E-state index contributed by atoms with van der Waals surface area (Å²) in [5.74, 6) is -1.78. The van der Waals surface area contributed by atoms with E-state index in [1.807, 2.05) is 0 Å². The van der Waals surface area contributed by atoms with Gasteiger partial charge in [0, 0.05) is 11.6 Å². The van der Waals surface area contributed by atoms with Gasteiger partial charge in [-0.05, 0) is 0 Å². The molecule has 42 valence electrons. The predicted molar refractivity (Wildman–Crippen MR) is 25.2 cm³/mol. The molecule has 0 radical (unpaired) electrons. The van der Waals surface area contributed by atoms with Crippen molar-refractivity contribution in [2.45, 2.75) is 0 Å². The van der Waals surface area contributed by atoms with Gasteiger partial charge in [-0.15, -0.1) is 12.1 Å². The quantitative estimate of drug-likeness (QED) is 0.297. The van der Waals surface area contributed by atoms with Gasteiger partial charge in [0.1, 0.15) is 0 Å². The summed E-state index contributed by atoms with van der Waals surface area (Å²) in [5, 5.41) is 0. The van der Waals surface area contributed by atoms with Gasteiger partial charge in [0.05, 0.1) is 0 Å². The zero-order chi connectivity index (χ0) is 5.98. The van der Waals surface area contributed by atoms with Crippen molar-refractivity contribution in [3.05, 3.63) is 35.9 Å². The Balaban J connectivity index is 0.000000640. The van der Waals surface area contributed by atoms with Crippen molar-refractivity contribution in [2.24, 2.45) is 0 Å². The van der Waals surface area contributed by atoms with E-state index in [-0.39, 0.29) is 18.9 Å².